The molecule has 6 nitrogen and oxygen atoms in total. The predicted molar refractivity (Wildman–Crippen MR) is 132 cm³/mol. The Balaban J connectivity index is 1.51. The molecule has 168 valence electrons. The van der Waals surface area contributed by atoms with Crippen molar-refractivity contribution >= 4 is 33.1 Å². The number of aryl methyl sites for hydroxylation is 2. The van der Waals surface area contributed by atoms with E-state index in [0.29, 0.717) is 21.7 Å². The molecule has 0 saturated heterocycles. The first kappa shape index (κ1) is 21.4. The molecule has 0 saturated carbocycles. The summed E-state index contributed by atoms with van der Waals surface area (Å²) in [4.78, 5) is 31.7. The van der Waals surface area contributed by atoms with Crippen LogP contribution in [0.3, 0.4) is 0 Å². The van der Waals surface area contributed by atoms with Crippen molar-refractivity contribution in [3.63, 3.8) is 0 Å². The van der Waals surface area contributed by atoms with E-state index in [4.69, 9.17) is 4.74 Å². The van der Waals surface area contributed by atoms with Crippen molar-refractivity contribution in [2.75, 3.05) is 12.4 Å². The second-order valence-corrected chi connectivity index (χ2v) is 9.20. The maximum Gasteiger partial charge on any atom is 0.263 e. The lowest BCUT2D eigenvalue weighted by Gasteiger charge is -2.17. The van der Waals surface area contributed by atoms with Gasteiger partial charge in [0.15, 0.2) is 0 Å². The first-order valence-corrected chi connectivity index (χ1v) is 12.0. The number of methoxy groups -OCH3 is 1. The summed E-state index contributed by atoms with van der Waals surface area (Å²) in [6.07, 6.45) is 6.09. The molecular formula is C26H25N3O3S. The number of ether oxygens (including phenoxy) is 1. The molecule has 1 atom stereocenters. The van der Waals surface area contributed by atoms with Gasteiger partial charge in [-0.2, -0.15) is 0 Å². The van der Waals surface area contributed by atoms with Crippen molar-refractivity contribution in [1.29, 1.82) is 0 Å². The Morgan fingerprint density at radius 3 is 2.76 bits per heavy atom. The smallest absolute Gasteiger partial charge is 0.263 e. The summed E-state index contributed by atoms with van der Waals surface area (Å²) in [5.74, 6) is 0.250. The van der Waals surface area contributed by atoms with Crippen LogP contribution in [0.25, 0.3) is 21.3 Å². The molecule has 1 N–H and O–H groups in total. The molecule has 2 heterocycles. The van der Waals surface area contributed by atoms with Crippen molar-refractivity contribution in [2.24, 2.45) is 0 Å². The summed E-state index contributed by atoms with van der Waals surface area (Å²) in [5, 5.41) is 5.42. The van der Waals surface area contributed by atoms with Gasteiger partial charge < -0.3 is 10.1 Å². The molecular weight excluding hydrogens is 434 g/mol. The molecule has 5 rings (SSSR count). The third-order valence-corrected chi connectivity index (χ3v) is 7.23. The maximum absolute atomic E-state index is 13.5. The molecule has 0 fully saturated rings. The van der Waals surface area contributed by atoms with Crippen LogP contribution in [0.2, 0.25) is 0 Å². The van der Waals surface area contributed by atoms with Crippen LogP contribution in [0.1, 0.15) is 36.9 Å². The van der Waals surface area contributed by atoms with Crippen molar-refractivity contribution in [3.8, 4) is 16.9 Å². The largest absolute Gasteiger partial charge is 0.495 e. The number of fused-ring (bicyclic) bond motifs is 2. The standard InChI is InChI=1S/C26H25N3O3S/c1-16(24(30)28-21-9-5-6-10-22(21)32-2)29-15-27-25-23(26(29)31)20(14-33-25)19-12-11-17-7-3-4-8-18(17)13-19/h5-6,9-16H,3-4,7-8H2,1-2H3,(H,28,30). The highest BCUT2D eigenvalue weighted by Gasteiger charge is 2.22. The molecule has 2 aromatic heterocycles. The maximum atomic E-state index is 13.5. The Labute approximate surface area is 195 Å². The summed E-state index contributed by atoms with van der Waals surface area (Å²) >= 11 is 1.46. The van der Waals surface area contributed by atoms with Gasteiger partial charge in [-0.3, -0.25) is 14.2 Å². The first-order chi connectivity index (χ1) is 16.1. The van der Waals surface area contributed by atoms with Crippen LogP contribution < -0.4 is 15.6 Å². The van der Waals surface area contributed by atoms with E-state index in [-0.39, 0.29) is 11.5 Å². The molecule has 1 aliphatic rings. The minimum Gasteiger partial charge on any atom is -0.495 e. The van der Waals surface area contributed by atoms with Gasteiger partial charge in [0.05, 0.1) is 24.5 Å². The van der Waals surface area contributed by atoms with Crippen molar-refractivity contribution in [3.05, 3.63) is 75.7 Å². The minimum atomic E-state index is -0.740. The Bertz CT molecular complexity index is 1410. The number of nitrogens with one attached hydrogen (secondary N) is 1. The number of anilines is 1. The molecule has 2 aromatic carbocycles. The number of hydrogen-bond acceptors (Lipinski definition) is 5. The molecule has 0 spiro atoms. The van der Waals surface area contributed by atoms with Crippen LogP contribution in [0.15, 0.2) is 59.0 Å². The second kappa shape index (κ2) is 8.83. The summed E-state index contributed by atoms with van der Waals surface area (Å²) < 4.78 is 6.72. The van der Waals surface area contributed by atoms with Gasteiger partial charge in [-0.25, -0.2) is 4.98 Å². The normalized spacial score (nSPS) is 14.0. The Kier molecular flexibility index (Phi) is 5.72. The van der Waals surface area contributed by atoms with Gasteiger partial charge in [0.25, 0.3) is 5.56 Å². The monoisotopic (exact) mass is 459 g/mol. The molecule has 0 aliphatic heterocycles. The number of amides is 1. The van der Waals surface area contributed by atoms with E-state index in [1.54, 1.807) is 26.2 Å². The third kappa shape index (κ3) is 3.93. The third-order valence-electron chi connectivity index (χ3n) is 6.34. The molecule has 1 unspecified atom stereocenters. The zero-order valence-electron chi connectivity index (χ0n) is 18.6. The van der Waals surface area contributed by atoms with Gasteiger partial charge in [-0.1, -0.05) is 30.3 Å². The van der Waals surface area contributed by atoms with Crippen molar-refractivity contribution in [2.45, 2.75) is 38.6 Å². The fourth-order valence-corrected chi connectivity index (χ4v) is 5.35. The van der Waals surface area contributed by atoms with Gasteiger partial charge in [0, 0.05) is 10.9 Å². The summed E-state index contributed by atoms with van der Waals surface area (Å²) in [6.45, 7) is 1.70. The number of para-hydroxylation sites is 2. The van der Waals surface area contributed by atoms with Crippen LogP contribution in [0.4, 0.5) is 5.69 Å². The fourth-order valence-electron chi connectivity index (χ4n) is 4.45. The fraction of sp³-hybridized carbons (Fsp3) is 0.269. The summed E-state index contributed by atoms with van der Waals surface area (Å²) in [6, 6.07) is 12.9. The van der Waals surface area contributed by atoms with E-state index in [2.05, 4.69) is 28.5 Å². The number of benzene rings is 2. The topological polar surface area (TPSA) is 73.2 Å². The van der Waals surface area contributed by atoms with Crippen LogP contribution in [-0.2, 0) is 17.6 Å². The molecule has 33 heavy (non-hydrogen) atoms. The van der Waals surface area contributed by atoms with Crippen LogP contribution in [0.5, 0.6) is 5.75 Å². The molecule has 1 aliphatic carbocycles. The molecule has 4 aromatic rings. The lowest BCUT2D eigenvalue weighted by molar-refractivity contribution is -0.118. The van der Waals surface area contributed by atoms with Gasteiger partial charge in [0.1, 0.15) is 16.6 Å². The second-order valence-electron chi connectivity index (χ2n) is 8.34. The van der Waals surface area contributed by atoms with E-state index in [0.717, 1.165) is 24.0 Å². The highest BCUT2D eigenvalue weighted by Crippen LogP contribution is 2.34. The highest BCUT2D eigenvalue weighted by molar-refractivity contribution is 7.17. The van der Waals surface area contributed by atoms with Crippen molar-refractivity contribution in [1.82, 2.24) is 9.55 Å². The number of carbonyl (C=O) groups is 1. The van der Waals surface area contributed by atoms with E-state index < -0.39 is 6.04 Å². The number of carbonyl (C=O) groups excluding carboxylic acids is 1. The minimum absolute atomic E-state index is 0.211. The zero-order valence-corrected chi connectivity index (χ0v) is 19.4. The quantitative estimate of drug-likeness (QED) is 0.445. The van der Waals surface area contributed by atoms with Gasteiger partial charge in [0.2, 0.25) is 5.91 Å². The predicted octanol–water partition coefficient (Wildman–Crippen LogP) is 5.21. The SMILES string of the molecule is COc1ccccc1NC(=O)C(C)n1cnc2scc(-c3ccc4c(c3)CCCC4)c2c1=O. The highest BCUT2D eigenvalue weighted by atomic mass is 32.1. The Hall–Kier alpha value is -3.45. The summed E-state index contributed by atoms with van der Waals surface area (Å²) in [5.41, 5.74) is 5.03. The zero-order chi connectivity index (χ0) is 22.9. The van der Waals surface area contributed by atoms with Crippen LogP contribution in [0, 0.1) is 0 Å². The van der Waals surface area contributed by atoms with Gasteiger partial charge >= 0.3 is 0 Å². The first-order valence-electron chi connectivity index (χ1n) is 11.1. The molecule has 7 heteroatoms. The number of aromatic nitrogens is 2. The van der Waals surface area contributed by atoms with E-state index >= 15 is 0 Å². The molecule has 0 radical (unpaired) electrons. The Morgan fingerprint density at radius 1 is 1.15 bits per heavy atom. The number of hydrogen-bond donors (Lipinski definition) is 1. The van der Waals surface area contributed by atoms with Crippen LogP contribution in [-0.4, -0.2) is 22.6 Å². The average Bonchev–Trinajstić information content (AvgIpc) is 3.29. The molecule has 1 amide bonds. The van der Waals surface area contributed by atoms with E-state index in [9.17, 15) is 9.59 Å². The lowest BCUT2D eigenvalue weighted by Crippen LogP contribution is -2.31. The number of thiophene rings is 1. The number of nitrogens with zero attached hydrogens (tertiary/aromatic N) is 2. The molecule has 0 bridgehead atoms. The number of rotatable bonds is 5. The van der Waals surface area contributed by atoms with Gasteiger partial charge in [-0.05, 0) is 61.4 Å². The van der Waals surface area contributed by atoms with Crippen LogP contribution >= 0.6 is 11.3 Å². The van der Waals surface area contributed by atoms with Gasteiger partial charge in [-0.15, -0.1) is 11.3 Å². The van der Waals surface area contributed by atoms with E-state index in [1.807, 2.05) is 17.5 Å². The Morgan fingerprint density at radius 2 is 1.94 bits per heavy atom. The van der Waals surface area contributed by atoms with Crippen molar-refractivity contribution < 1.29 is 9.53 Å². The summed E-state index contributed by atoms with van der Waals surface area (Å²) in [7, 11) is 1.55. The lowest BCUT2D eigenvalue weighted by atomic mass is 9.89. The average molecular weight is 460 g/mol. The van der Waals surface area contributed by atoms with E-state index in [1.165, 1.54) is 46.2 Å².